The van der Waals surface area contributed by atoms with Crippen molar-refractivity contribution >= 4 is 45.9 Å². The molecule has 4 rings (SSSR count). The summed E-state index contributed by atoms with van der Waals surface area (Å²) < 4.78 is 8.12. The zero-order chi connectivity index (χ0) is 23.7. The summed E-state index contributed by atoms with van der Waals surface area (Å²) in [5.41, 5.74) is 3.34. The van der Waals surface area contributed by atoms with E-state index in [2.05, 4.69) is 11.9 Å². The molecule has 1 saturated heterocycles. The van der Waals surface area contributed by atoms with E-state index in [-0.39, 0.29) is 22.9 Å². The number of carbonyl (C=O) groups excluding carboxylic acids is 1. The van der Waals surface area contributed by atoms with Gasteiger partial charge in [0.2, 0.25) is 5.88 Å². The predicted molar refractivity (Wildman–Crippen MR) is 137 cm³/mol. The van der Waals surface area contributed by atoms with Gasteiger partial charge in [0.1, 0.15) is 21.3 Å². The minimum atomic E-state index is -0.304. The maximum Gasteiger partial charge on any atom is 0.269 e. The lowest BCUT2D eigenvalue weighted by Crippen LogP contribution is -2.29. The number of ether oxygens (including phenoxy) is 1. The van der Waals surface area contributed by atoms with Gasteiger partial charge in [-0.2, -0.15) is 4.98 Å². The van der Waals surface area contributed by atoms with Gasteiger partial charge in [0.05, 0.1) is 4.91 Å². The summed E-state index contributed by atoms with van der Waals surface area (Å²) in [6.07, 6.45) is 5.05. The highest BCUT2D eigenvalue weighted by atomic mass is 32.2. The maximum absolute atomic E-state index is 13.5. The average molecular weight is 480 g/mol. The molecule has 0 unspecified atom stereocenters. The van der Waals surface area contributed by atoms with Crippen LogP contribution in [0.15, 0.2) is 46.2 Å². The van der Waals surface area contributed by atoms with Crippen molar-refractivity contribution in [1.82, 2.24) is 14.3 Å². The van der Waals surface area contributed by atoms with Crippen molar-refractivity contribution in [2.24, 2.45) is 0 Å². The number of thioether (sulfide) groups is 1. The van der Waals surface area contributed by atoms with Gasteiger partial charge in [0.25, 0.3) is 11.5 Å². The van der Waals surface area contributed by atoms with E-state index in [1.165, 1.54) is 16.2 Å². The van der Waals surface area contributed by atoms with Crippen LogP contribution in [-0.2, 0) is 4.79 Å². The Kier molecular flexibility index (Phi) is 6.67. The van der Waals surface area contributed by atoms with Crippen LogP contribution in [0.2, 0.25) is 0 Å². The highest BCUT2D eigenvalue weighted by molar-refractivity contribution is 8.26. The Morgan fingerprint density at radius 2 is 1.88 bits per heavy atom. The van der Waals surface area contributed by atoms with Crippen molar-refractivity contribution in [3.63, 3.8) is 0 Å². The second-order valence-corrected chi connectivity index (χ2v) is 9.81. The van der Waals surface area contributed by atoms with Crippen LogP contribution in [0, 0.1) is 20.8 Å². The van der Waals surface area contributed by atoms with E-state index in [1.807, 2.05) is 45.0 Å². The molecule has 3 aromatic rings. The molecule has 0 bridgehead atoms. The van der Waals surface area contributed by atoms with Gasteiger partial charge in [-0.3, -0.25) is 18.9 Å². The molecule has 0 radical (unpaired) electrons. The number of amides is 1. The van der Waals surface area contributed by atoms with Crippen molar-refractivity contribution < 1.29 is 9.53 Å². The number of unbranched alkanes of at least 4 members (excludes halogenated alkanes) is 1. The molecule has 0 spiro atoms. The van der Waals surface area contributed by atoms with Gasteiger partial charge in [0, 0.05) is 12.7 Å². The van der Waals surface area contributed by atoms with Gasteiger partial charge >= 0.3 is 0 Å². The fraction of sp³-hybridized carbons (Fsp3) is 0.280. The Morgan fingerprint density at radius 3 is 2.58 bits per heavy atom. The SMILES string of the molecule is CCCCN1C(=O)/C(=C\c2c(Oc3cc(C)cc(C)c3)nc3c(C)cccn3c2=O)SC1=S. The van der Waals surface area contributed by atoms with Gasteiger partial charge in [-0.25, -0.2) is 0 Å². The number of rotatable bonds is 6. The number of aromatic nitrogens is 2. The number of aryl methyl sites for hydroxylation is 3. The summed E-state index contributed by atoms with van der Waals surface area (Å²) >= 11 is 6.62. The molecule has 33 heavy (non-hydrogen) atoms. The Balaban J connectivity index is 1.86. The molecule has 0 saturated carbocycles. The number of carbonyl (C=O) groups is 1. The molecule has 2 aromatic heterocycles. The van der Waals surface area contributed by atoms with E-state index in [9.17, 15) is 9.59 Å². The van der Waals surface area contributed by atoms with Crippen LogP contribution in [0.3, 0.4) is 0 Å². The van der Waals surface area contributed by atoms with Gasteiger partial charge in [0.15, 0.2) is 0 Å². The van der Waals surface area contributed by atoms with Crippen molar-refractivity contribution in [3.8, 4) is 11.6 Å². The van der Waals surface area contributed by atoms with E-state index in [1.54, 1.807) is 23.2 Å². The number of thiocarbonyl (C=S) groups is 1. The van der Waals surface area contributed by atoms with Crippen molar-refractivity contribution in [2.45, 2.75) is 40.5 Å². The van der Waals surface area contributed by atoms with Crippen LogP contribution in [0.5, 0.6) is 11.6 Å². The first-order valence-electron chi connectivity index (χ1n) is 10.8. The molecule has 1 aliphatic heterocycles. The molecule has 1 aliphatic rings. The van der Waals surface area contributed by atoms with Gasteiger partial charge in [-0.1, -0.05) is 49.5 Å². The minimum absolute atomic E-state index is 0.165. The largest absolute Gasteiger partial charge is 0.438 e. The monoisotopic (exact) mass is 479 g/mol. The quantitative estimate of drug-likeness (QED) is 0.348. The number of hydrogen-bond donors (Lipinski definition) is 0. The lowest BCUT2D eigenvalue weighted by molar-refractivity contribution is -0.122. The molecule has 170 valence electrons. The topological polar surface area (TPSA) is 63.9 Å². The van der Waals surface area contributed by atoms with Gasteiger partial charge in [-0.15, -0.1) is 0 Å². The molecule has 3 heterocycles. The van der Waals surface area contributed by atoms with E-state index >= 15 is 0 Å². The fourth-order valence-electron chi connectivity index (χ4n) is 3.74. The summed E-state index contributed by atoms with van der Waals surface area (Å²) in [5, 5.41) is 0. The molecule has 8 heteroatoms. The first-order valence-corrected chi connectivity index (χ1v) is 12.0. The first kappa shape index (κ1) is 23.2. The van der Waals surface area contributed by atoms with E-state index in [0.717, 1.165) is 29.5 Å². The molecule has 0 N–H and O–H groups in total. The third-order valence-corrected chi connectivity index (χ3v) is 6.72. The van der Waals surface area contributed by atoms with E-state index in [4.69, 9.17) is 17.0 Å². The van der Waals surface area contributed by atoms with Crippen LogP contribution >= 0.6 is 24.0 Å². The molecule has 0 atom stereocenters. The molecule has 1 aromatic carbocycles. The van der Waals surface area contributed by atoms with Crippen LogP contribution in [0.1, 0.15) is 42.0 Å². The Morgan fingerprint density at radius 1 is 1.15 bits per heavy atom. The molecular weight excluding hydrogens is 454 g/mol. The summed E-state index contributed by atoms with van der Waals surface area (Å²) in [6.45, 7) is 8.48. The van der Waals surface area contributed by atoms with Crippen LogP contribution in [0.25, 0.3) is 11.7 Å². The lowest BCUT2D eigenvalue weighted by Gasteiger charge is -2.13. The number of nitrogens with zero attached hydrogens (tertiary/aromatic N) is 3. The lowest BCUT2D eigenvalue weighted by atomic mass is 10.1. The number of pyridine rings is 1. The molecular formula is C25H25N3O3S2. The highest BCUT2D eigenvalue weighted by Gasteiger charge is 2.32. The van der Waals surface area contributed by atoms with Crippen molar-refractivity contribution in [3.05, 3.63) is 74.0 Å². The smallest absolute Gasteiger partial charge is 0.269 e. The molecule has 0 aliphatic carbocycles. The Bertz CT molecular complexity index is 1340. The van der Waals surface area contributed by atoms with Gasteiger partial charge in [-0.05, 0) is 68.2 Å². The summed E-state index contributed by atoms with van der Waals surface area (Å²) in [5.74, 6) is 0.560. The maximum atomic E-state index is 13.5. The summed E-state index contributed by atoms with van der Waals surface area (Å²) in [4.78, 5) is 33.1. The normalized spacial score (nSPS) is 15.2. The first-order chi connectivity index (χ1) is 15.8. The highest BCUT2D eigenvalue weighted by Crippen LogP contribution is 2.34. The van der Waals surface area contributed by atoms with E-state index in [0.29, 0.717) is 27.2 Å². The number of fused-ring (bicyclic) bond motifs is 1. The molecule has 1 fully saturated rings. The van der Waals surface area contributed by atoms with Gasteiger partial charge < -0.3 is 4.74 Å². The third kappa shape index (κ3) is 4.72. The van der Waals surface area contributed by atoms with Crippen LogP contribution < -0.4 is 10.3 Å². The van der Waals surface area contributed by atoms with E-state index < -0.39 is 0 Å². The molecule has 1 amide bonds. The second kappa shape index (κ2) is 9.49. The average Bonchev–Trinajstić information content (AvgIpc) is 3.02. The molecule has 6 nitrogen and oxygen atoms in total. The van der Waals surface area contributed by atoms with Crippen molar-refractivity contribution in [1.29, 1.82) is 0 Å². The second-order valence-electron chi connectivity index (χ2n) is 8.13. The zero-order valence-corrected chi connectivity index (χ0v) is 20.7. The van der Waals surface area contributed by atoms with Crippen molar-refractivity contribution in [2.75, 3.05) is 6.54 Å². The van der Waals surface area contributed by atoms with Crippen LogP contribution in [0.4, 0.5) is 0 Å². The minimum Gasteiger partial charge on any atom is -0.438 e. The Hall–Kier alpha value is -2.97. The van der Waals surface area contributed by atoms with Crippen LogP contribution in [-0.4, -0.2) is 31.1 Å². The fourth-order valence-corrected chi connectivity index (χ4v) is 5.03. The number of benzene rings is 1. The number of hydrogen-bond acceptors (Lipinski definition) is 6. The summed E-state index contributed by atoms with van der Waals surface area (Å²) in [7, 11) is 0. The third-order valence-electron chi connectivity index (χ3n) is 5.34. The zero-order valence-electron chi connectivity index (χ0n) is 19.0. The Labute approximate surface area is 202 Å². The predicted octanol–water partition coefficient (Wildman–Crippen LogP) is 5.41. The standard InChI is InChI=1S/C25H25N3O3S2/c1-5-6-9-28-24(30)20(33-25(28)32)14-19-22(31-18-12-15(2)11-16(3)13-18)26-21-17(4)8-7-10-27(21)23(19)29/h7-8,10-14H,5-6,9H2,1-4H3/b20-14+. The summed E-state index contributed by atoms with van der Waals surface area (Å²) in [6, 6.07) is 9.51.